The van der Waals surface area contributed by atoms with Crippen LogP contribution in [0.15, 0.2) is 47.5 Å². The van der Waals surface area contributed by atoms with Crippen molar-refractivity contribution in [1.29, 1.82) is 0 Å². The Balaban J connectivity index is 0.00000272. The number of hydrogen-bond acceptors (Lipinski definition) is 0. The fourth-order valence-electron chi connectivity index (χ4n) is 6.60. The van der Waals surface area contributed by atoms with Gasteiger partial charge in [-0.2, -0.15) is 12.8 Å². The summed E-state index contributed by atoms with van der Waals surface area (Å²) in [6, 6.07) is 13.7. The minimum absolute atomic E-state index is 0. The molecule has 0 saturated heterocycles. The first kappa shape index (κ1) is 50.6. The zero-order valence-corrected chi connectivity index (χ0v) is 36.6. The van der Waals surface area contributed by atoms with Crippen molar-refractivity contribution in [3.63, 3.8) is 0 Å². The summed E-state index contributed by atoms with van der Waals surface area (Å²) < 4.78 is 1.48. The molecule has 0 aromatic heterocycles. The third kappa shape index (κ3) is 19.6. The van der Waals surface area contributed by atoms with Crippen molar-refractivity contribution in [2.24, 2.45) is 0 Å². The first-order valence-electron chi connectivity index (χ1n) is 21.5. The summed E-state index contributed by atoms with van der Waals surface area (Å²) in [5.74, 6) is 7.17. The molecule has 1 aliphatic rings. The van der Waals surface area contributed by atoms with Crippen molar-refractivity contribution >= 4 is 11.4 Å². The maximum Gasteiger partial charge on any atom is 2.00 e. The molecule has 1 heterocycles. The molecule has 2 aromatic rings. The first-order chi connectivity index (χ1) is 25.3. The quantitative estimate of drug-likeness (QED) is 0.0398. The van der Waals surface area contributed by atoms with E-state index >= 15 is 0 Å². The van der Waals surface area contributed by atoms with Crippen LogP contribution in [0.25, 0.3) is 16.9 Å². The average molecular weight is 766 g/mol. The molecule has 0 fully saturated rings. The normalized spacial score (nSPS) is 12.1. The van der Waals surface area contributed by atoms with Crippen molar-refractivity contribution in [3.8, 4) is 11.8 Å². The van der Waals surface area contributed by atoms with E-state index in [4.69, 9.17) is 0 Å². The van der Waals surface area contributed by atoms with Crippen molar-refractivity contribution in [2.45, 2.75) is 197 Å². The van der Waals surface area contributed by atoms with E-state index < -0.39 is 0 Å². The van der Waals surface area contributed by atoms with Crippen LogP contribution in [0.4, 0.5) is 0 Å². The van der Waals surface area contributed by atoms with Crippen molar-refractivity contribution < 1.29 is 21.2 Å². The summed E-state index contributed by atoms with van der Waals surface area (Å²) in [5.41, 5.74) is 23.4. The van der Waals surface area contributed by atoms with Gasteiger partial charge in [0.1, 0.15) is 5.57 Å². The molecule has 0 aliphatic carbocycles. The Morgan fingerprint density at radius 2 is 0.981 bits per heavy atom. The Labute approximate surface area is 339 Å². The molecule has 0 saturated carbocycles. The monoisotopic (exact) mass is 765 g/mol. The van der Waals surface area contributed by atoms with Gasteiger partial charge >= 0.3 is 16.5 Å². The molecular formula is C50H78N2Ni. The summed E-state index contributed by atoms with van der Waals surface area (Å²) in [6.45, 7) is 24.7. The van der Waals surface area contributed by atoms with Crippen LogP contribution in [0.1, 0.15) is 203 Å². The van der Waals surface area contributed by atoms with Gasteiger partial charge < -0.3 is 19.4 Å². The van der Waals surface area contributed by atoms with E-state index in [0.29, 0.717) is 0 Å². The second kappa shape index (κ2) is 31.9. The minimum Gasteiger partial charge on any atom is -0.493 e. The van der Waals surface area contributed by atoms with E-state index in [-0.39, 0.29) is 16.5 Å². The van der Waals surface area contributed by atoms with E-state index in [1.807, 2.05) is 0 Å². The summed E-state index contributed by atoms with van der Waals surface area (Å²) in [7, 11) is 0. The summed E-state index contributed by atoms with van der Waals surface area (Å²) >= 11 is 0. The Bertz CT molecular complexity index is 1360. The summed E-state index contributed by atoms with van der Waals surface area (Å²) in [6.07, 6.45) is 26.2. The first-order valence-corrected chi connectivity index (χ1v) is 21.5. The van der Waals surface area contributed by atoms with Gasteiger partial charge in [0.05, 0.1) is 0 Å². The maximum absolute atomic E-state index is 12.1. The zero-order valence-electron chi connectivity index (χ0n) is 35.6. The van der Waals surface area contributed by atoms with Crippen LogP contribution in [-0.2, 0) is 29.3 Å². The number of benzene rings is 2. The van der Waals surface area contributed by atoms with Gasteiger partial charge in [-0.1, -0.05) is 160 Å². The summed E-state index contributed by atoms with van der Waals surface area (Å²) in [4.78, 5) is 0. The SMILES string of the molecule is CCCCCCCCC#CC1=C(c2cc(CCCCCC)cc(CCCCCC)c2)[N+](=[N-])C(c2cc(C)cc(C)c2)=C1CC.[CH2-]CCC.[CH2-]CCC.[Ni+2]. The Hall–Kier alpha value is -2.43. The van der Waals surface area contributed by atoms with Crippen LogP contribution < -0.4 is 0 Å². The van der Waals surface area contributed by atoms with Gasteiger partial charge in [0.2, 0.25) is 11.4 Å². The molecule has 0 amide bonds. The molecule has 0 atom stereocenters. The van der Waals surface area contributed by atoms with Gasteiger partial charge in [0.25, 0.3) is 0 Å². The van der Waals surface area contributed by atoms with E-state index in [9.17, 15) is 5.53 Å². The number of unbranched alkanes of at least 4 members (excludes halogenated alkanes) is 14. The van der Waals surface area contributed by atoms with Crippen LogP contribution in [-0.4, -0.2) is 4.70 Å². The zero-order chi connectivity index (χ0) is 38.6. The van der Waals surface area contributed by atoms with Gasteiger partial charge in [-0.15, -0.1) is 0 Å². The molecule has 0 unspecified atom stereocenters. The average Bonchev–Trinajstić information content (AvgIpc) is 3.43. The number of hydrogen-bond donors (Lipinski definition) is 0. The Kier molecular flexibility index (Phi) is 30.4. The van der Waals surface area contributed by atoms with E-state index in [2.05, 4.69) is 117 Å². The number of nitrogens with zero attached hydrogens (tertiary/aromatic N) is 2. The molecular weight excluding hydrogens is 687 g/mol. The largest absolute Gasteiger partial charge is 2.00 e. The van der Waals surface area contributed by atoms with Gasteiger partial charge in [-0.25, -0.2) is 4.70 Å². The predicted octanol–water partition coefficient (Wildman–Crippen LogP) is 16.1. The number of allylic oxidation sites excluding steroid dienone is 2. The molecule has 1 aliphatic heterocycles. The van der Waals surface area contributed by atoms with Crippen LogP contribution in [0, 0.1) is 39.5 Å². The molecule has 0 radical (unpaired) electrons. The molecule has 0 spiro atoms. The molecule has 53 heavy (non-hydrogen) atoms. The predicted molar refractivity (Wildman–Crippen MR) is 232 cm³/mol. The fraction of sp³-hybridized carbons (Fsp3) is 0.600. The molecule has 2 aromatic carbocycles. The standard InChI is InChI=1S/C42H60N2.2C4H9.Ni/c1-7-11-14-17-18-19-20-23-26-40-39(10-4)41(37-28-33(5)27-34(6)29-37)44(43)42(40)38-31-35(24-21-15-12-8-2)30-36(32-38)25-22-16-13-9-3;2*1-3-4-2;/h27-32H,7-22,24-25H2,1-6H3;2*1,3-4H2,2H3;/q;2*-1;+2. The van der Waals surface area contributed by atoms with Gasteiger partial charge in [-0.3, -0.25) is 0 Å². The minimum atomic E-state index is 0. The third-order valence-corrected chi connectivity index (χ3v) is 9.64. The topological polar surface area (TPSA) is 25.3 Å². The summed E-state index contributed by atoms with van der Waals surface area (Å²) in [5, 5.41) is 0. The van der Waals surface area contributed by atoms with Crippen molar-refractivity contribution in [3.05, 3.63) is 100 Å². The van der Waals surface area contributed by atoms with E-state index in [0.717, 1.165) is 78.6 Å². The molecule has 0 N–H and O–H groups in total. The Morgan fingerprint density at radius 1 is 0.547 bits per heavy atom. The second-order valence-electron chi connectivity index (χ2n) is 14.8. The molecule has 0 bridgehead atoms. The van der Waals surface area contributed by atoms with E-state index in [1.54, 1.807) is 0 Å². The van der Waals surface area contributed by atoms with Crippen LogP contribution in [0.2, 0.25) is 0 Å². The van der Waals surface area contributed by atoms with Gasteiger partial charge in [-0.05, 0) is 87.8 Å². The molecule has 3 heteroatoms. The van der Waals surface area contributed by atoms with Crippen molar-refractivity contribution in [2.75, 3.05) is 0 Å². The van der Waals surface area contributed by atoms with Crippen LogP contribution >= 0.6 is 0 Å². The molecule has 3 rings (SSSR count). The number of aryl methyl sites for hydroxylation is 4. The molecule has 2 nitrogen and oxygen atoms in total. The van der Waals surface area contributed by atoms with Crippen LogP contribution in [0.5, 0.6) is 0 Å². The maximum atomic E-state index is 12.1. The third-order valence-electron chi connectivity index (χ3n) is 9.64. The number of rotatable bonds is 21. The smallest absolute Gasteiger partial charge is 0.493 e. The van der Waals surface area contributed by atoms with Gasteiger partial charge in [0, 0.05) is 23.1 Å². The second-order valence-corrected chi connectivity index (χ2v) is 14.8. The molecule has 298 valence electrons. The Morgan fingerprint density at radius 3 is 1.43 bits per heavy atom. The van der Waals surface area contributed by atoms with Gasteiger partial charge in [0.15, 0.2) is 0 Å². The van der Waals surface area contributed by atoms with Crippen molar-refractivity contribution in [1.82, 2.24) is 0 Å². The van der Waals surface area contributed by atoms with Crippen LogP contribution in [0.3, 0.4) is 0 Å². The van der Waals surface area contributed by atoms with E-state index in [1.165, 1.54) is 123 Å². The fourth-order valence-corrected chi connectivity index (χ4v) is 6.60.